The topological polar surface area (TPSA) is 76.3 Å². The minimum Gasteiger partial charge on any atom is -0.398 e. The second-order valence-corrected chi connectivity index (χ2v) is 7.01. The van der Waals surface area contributed by atoms with Crippen LogP contribution in [0.4, 0.5) is 5.69 Å². The van der Waals surface area contributed by atoms with Crippen molar-refractivity contribution in [2.75, 3.05) is 12.8 Å². The summed E-state index contributed by atoms with van der Waals surface area (Å²) >= 11 is 7.35. The van der Waals surface area contributed by atoms with Gasteiger partial charge in [-0.3, -0.25) is 0 Å². The van der Waals surface area contributed by atoms with Crippen molar-refractivity contribution in [1.29, 1.82) is 0 Å². The van der Waals surface area contributed by atoms with Gasteiger partial charge in [-0.05, 0) is 12.1 Å². The monoisotopic (exact) mass is 317 g/mol. The number of nitrogens with two attached hydrogens (primary N) is 1. The Balaban J connectivity index is 2.37. The zero-order valence-corrected chi connectivity index (χ0v) is 12.5. The van der Waals surface area contributed by atoms with Crippen molar-refractivity contribution in [2.45, 2.75) is 11.4 Å². The first kappa shape index (κ1) is 14.3. The molecule has 0 aliphatic carbocycles. The van der Waals surface area contributed by atoms with Gasteiger partial charge >= 0.3 is 0 Å². The number of nitrogens with zero attached hydrogens (tertiary/aromatic N) is 2. The van der Waals surface area contributed by atoms with Gasteiger partial charge in [-0.25, -0.2) is 13.4 Å². The predicted octanol–water partition coefficient (Wildman–Crippen LogP) is 2.20. The maximum Gasteiger partial charge on any atom is 0.246 e. The van der Waals surface area contributed by atoms with E-state index in [4.69, 9.17) is 17.3 Å². The summed E-state index contributed by atoms with van der Waals surface area (Å²) in [6.45, 7) is 0.177. The van der Waals surface area contributed by atoms with E-state index in [0.29, 0.717) is 5.69 Å². The lowest BCUT2D eigenvalue weighted by Crippen LogP contribution is -2.27. The maximum absolute atomic E-state index is 12.4. The molecule has 0 saturated heterocycles. The second kappa shape index (κ2) is 5.46. The van der Waals surface area contributed by atoms with E-state index in [9.17, 15) is 8.42 Å². The van der Waals surface area contributed by atoms with Crippen molar-refractivity contribution in [3.63, 3.8) is 0 Å². The van der Waals surface area contributed by atoms with Crippen LogP contribution in [0.25, 0.3) is 0 Å². The van der Waals surface area contributed by atoms with Gasteiger partial charge in [0.25, 0.3) is 0 Å². The van der Waals surface area contributed by atoms with E-state index < -0.39 is 10.0 Å². The number of hydrogen-bond acceptors (Lipinski definition) is 5. The Kier molecular flexibility index (Phi) is 4.10. The summed E-state index contributed by atoms with van der Waals surface area (Å²) in [7, 11) is -2.27. The summed E-state index contributed by atoms with van der Waals surface area (Å²) in [6.07, 6.45) is 0. The summed E-state index contributed by atoms with van der Waals surface area (Å²) < 4.78 is 26.1. The fourth-order valence-electron chi connectivity index (χ4n) is 1.58. The summed E-state index contributed by atoms with van der Waals surface area (Å²) in [6, 6.07) is 4.62. The molecule has 0 aliphatic rings. The zero-order valence-electron chi connectivity index (χ0n) is 10.1. The second-order valence-electron chi connectivity index (χ2n) is 3.90. The molecule has 0 atom stereocenters. The Hall–Kier alpha value is -1.15. The van der Waals surface area contributed by atoms with Crippen molar-refractivity contribution in [3.8, 4) is 0 Å². The van der Waals surface area contributed by atoms with Crippen LogP contribution >= 0.6 is 22.9 Å². The highest BCUT2D eigenvalue weighted by atomic mass is 35.5. The largest absolute Gasteiger partial charge is 0.398 e. The third-order valence-electron chi connectivity index (χ3n) is 2.53. The molecule has 0 spiro atoms. The molecule has 2 aromatic rings. The fraction of sp³-hybridized carbons (Fsp3) is 0.182. The molecule has 0 unspecified atom stereocenters. The van der Waals surface area contributed by atoms with Gasteiger partial charge < -0.3 is 5.73 Å². The lowest BCUT2D eigenvalue weighted by molar-refractivity contribution is 0.463. The van der Waals surface area contributed by atoms with E-state index in [2.05, 4.69) is 4.98 Å². The number of halogens is 1. The number of anilines is 1. The minimum absolute atomic E-state index is 0.0607. The SMILES string of the molecule is CN(Cc1cscn1)S(=O)(=O)c1c(N)cccc1Cl. The highest BCUT2D eigenvalue weighted by molar-refractivity contribution is 7.89. The molecular weight excluding hydrogens is 306 g/mol. The van der Waals surface area contributed by atoms with Crippen molar-refractivity contribution < 1.29 is 8.42 Å². The van der Waals surface area contributed by atoms with Crippen molar-refractivity contribution in [2.24, 2.45) is 0 Å². The van der Waals surface area contributed by atoms with Gasteiger partial charge in [-0.2, -0.15) is 4.31 Å². The van der Waals surface area contributed by atoms with Crippen LogP contribution < -0.4 is 5.73 Å². The van der Waals surface area contributed by atoms with E-state index in [1.807, 2.05) is 0 Å². The van der Waals surface area contributed by atoms with Gasteiger partial charge in [0.2, 0.25) is 10.0 Å². The minimum atomic E-state index is -3.74. The number of benzene rings is 1. The third-order valence-corrected chi connectivity index (χ3v) is 5.52. The summed E-state index contributed by atoms with van der Waals surface area (Å²) in [5.74, 6) is 0. The number of hydrogen-bond donors (Lipinski definition) is 1. The summed E-state index contributed by atoms with van der Waals surface area (Å²) in [5.41, 5.74) is 8.19. The Morgan fingerprint density at radius 2 is 2.21 bits per heavy atom. The molecule has 0 saturated carbocycles. The highest BCUT2D eigenvalue weighted by Crippen LogP contribution is 2.29. The highest BCUT2D eigenvalue weighted by Gasteiger charge is 2.26. The molecule has 5 nitrogen and oxygen atoms in total. The Bertz CT molecular complexity index is 651. The smallest absolute Gasteiger partial charge is 0.246 e. The molecule has 0 fully saturated rings. The molecule has 0 radical (unpaired) electrons. The third kappa shape index (κ3) is 2.89. The Morgan fingerprint density at radius 1 is 1.47 bits per heavy atom. The number of aromatic nitrogens is 1. The Morgan fingerprint density at radius 3 is 2.79 bits per heavy atom. The van der Waals surface area contributed by atoms with Crippen LogP contribution in [-0.2, 0) is 16.6 Å². The average Bonchev–Trinajstić information content (AvgIpc) is 2.81. The van der Waals surface area contributed by atoms with Gasteiger partial charge in [-0.15, -0.1) is 11.3 Å². The first-order chi connectivity index (χ1) is 8.93. The summed E-state index contributed by atoms with van der Waals surface area (Å²) in [5, 5.41) is 1.91. The van der Waals surface area contributed by atoms with Crippen LogP contribution in [0.3, 0.4) is 0 Å². The van der Waals surface area contributed by atoms with E-state index in [0.717, 1.165) is 0 Å². The standard InChI is InChI=1S/C11H12ClN3O2S2/c1-15(5-8-6-18-7-14-8)19(16,17)11-9(12)3-2-4-10(11)13/h2-4,6-7H,5,13H2,1H3. The summed E-state index contributed by atoms with van der Waals surface area (Å²) in [4.78, 5) is 4.00. The molecule has 2 N–H and O–H groups in total. The van der Waals surface area contributed by atoms with Crippen molar-refractivity contribution in [1.82, 2.24) is 9.29 Å². The molecule has 8 heteroatoms. The van der Waals surface area contributed by atoms with Crippen molar-refractivity contribution in [3.05, 3.63) is 39.8 Å². The van der Waals surface area contributed by atoms with Crippen LogP contribution in [0.5, 0.6) is 0 Å². The first-order valence-corrected chi connectivity index (χ1v) is 8.06. The molecular formula is C11H12ClN3O2S2. The van der Waals surface area contributed by atoms with Crippen LogP contribution in [0.1, 0.15) is 5.69 Å². The zero-order chi connectivity index (χ0) is 14.0. The number of rotatable bonds is 4. The van der Waals surface area contributed by atoms with Gasteiger partial charge in [0.15, 0.2) is 0 Å². The van der Waals surface area contributed by atoms with E-state index in [1.54, 1.807) is 17.0 Å². The Labute approximate surface area is 120 Å². The molecule has 0 bridgehead atoms. The van der Waals surface area contributed by atoms with E-state index in [1.165, 1.54) is 34.8 Å². The number of sulfonamides is 1. The van der Waals surface area contributed by atoms with Crippen LogP contribution in [0.2, 0.25) is 5.02 Å². The molecule has 19 heavy (non-hydrogen) atoms. The predicted molar refractivity (Wildman–Crippen MR) is 76.6 cm³/mol. The maximum atomic E-state index is 12.4. The molecule has 2 rings (SSSR count). The lowest BCUT2D eigenvalue weighted by Gasteiger charge is -2.18. The van der Waals surface area contributed by atoms with Gasteiger partial charge in [0, 0.05) is 12.4 Å². The lowest BCUT2D eigenvalue weighted by atomic mass is 10.3. The van der Waals surface area contributed by atoms with E-state index >= 15 is 0 Å². The molecule has 0 amide bonds. The quantitative estimate of drug-likeness (QED) is 0.877. The van der Waals surface area contributed by atoms with Gasteiger partial charge in [0.1, 0.15) is 4.90 Å². The molecule has 0 aliphatic heterocycles. The molecule has 102 valence electrons. The molecule has 1 heterocycles. The van der Waals surface area contributed by atoms with Crippen LogP contribution in [-0.4, -0.2) is 24.8 Å². The molecule has 1 aromatic heterocycles. The number of nitrogen functional groups attached to an aromatic ring is 1. The van der Waals surface area contributed by atoms with E-state index in [-0.39, 0.29) is 22.2 Å². The fourth-order valence-corrected chi connectivity index (χ4v) is 3.90. The van der Waals surface area contributed by atoms with Gasteiger partial charge in [-0.1, -0.05) is 17.7 Å². The average molecular weight is 318 g/mol. The number of thiazole rings is 1. The molecule has 1 aromatic carbocycles. The van der Waals surface area contributed by atoms with Gasteiger partial charge in [0.05, 0.1) is 28.5 Å². The van der Waals surface area contributed by atoms with Crippen molar-refractivity contribution >= 4 is 38.6 Å². The normalized spacial score (nSPS) is 11.9. The van der Waals surface area contributed by atoms with Crippen LogP contribution in [0, 0.1) is 0 Å². The van der Waals surface area contributed by atoms with Crippen LogP contribution in [0.15, 0.2) is 34.0 Å². The first-order valence-electron chi connectivity index (χ1n) is 5.30.